The van der Waals surface area contributed by atoms with E-state index in [9.17, 15) is 4.79 Å². The van der Waals surface area contributed by atoms with Crippen LogP contribution < -0.4 is 10.6 Å². The number of nitrogens with two attached hydrogens (primary N) is 1. The van der Waals surface area contributed by atoms with E-state index in [0.717, 1.165) is 12.5 Å². The van der Waals surface area contributed by atoms with Gasteiger partial charge in [-0.25, -0.2) is 9.78 Å². The topological polar surface area (TPSA) is 77.7 Å². The van der Waals surface area contributed by atoms with E-state index in [1.54, 1.807) is 12.3 Å². The molecule has 1 aromatic rings. The SMILES string of the molecule is COC(=O)c1ccnc(N(C)CCOCC2CC2)c1N. The second-order valence-corrected chi connectivity index (χ2v) is 5.03. The maximum Gasteiger partial charge on any atom is 0.340 e. The van der Waals surface area contributed by atoms with Crippen molar-refractivity contribution in [2.75, 3.05) is 44.5 Å². The van der Waals surface area contributed by atoms with Gasteiger partial charge in [0.15, 0.2) is 5.82 Å². The quantitative estimate of drug-likeness (QED) is 0.599. The average Bonchev–Trinajstić information content (AvgIpc) is 3.27. The van der Waals surface area contributed by atoms with Crippen molar-refractivity contribution in [2.24, 2.45) is 5.92 Å². The van der Waals surface area contributed by atoms with Crippen LogP contribution in [-0.4, -0.2) is 44.9 Å². The molecule has 0 aliphatic heterocycles. The molecule has 0 amide bonds. The molecule has 2 N–H and O–H groups in total. The molecule has 6 nitrogen and oxygen atoms in total. The van der Waals surface area contributed by atoms with Crippen molar-refractivity contribution in [3.05, 3.63) is 17.8 Å². The molecular weight excluding hydrogens is 258 g/mol. The Morgan fingerprint density at radius 1 is 1.55 bits per heavy atom. The predicted octanol–water partition coefficient (Wildman–Crippen LogP) is 1.31. The van der Waals surface area contributed by atoms with Gasteiger partial charge in [-0.2, -0.15) is 0 Å². The molecule has 1 aliphatic carbocycles. The van der Waals surface area contributed by atoms with Crippen LogP contribution >= 0.6 is 0 Å². The summed E-state index contributed by atoms with van der Waals surface area (Å²) < 4.78 is 10.3. The number of hydrogen-bond acceptors (Lipinski definition) is 6. The number of esters is 1. The fourth-order valence-corrected chi connectivity index (χ4v) is 1.90. The monoisotopic (exact) mass is 279 g/mol. The van der Waals surface area contributed by atoms with Crippen LogP contribution in [0, 0.1) is 5.92 Å². The van der Waals surface area contributed by atoms with Crippen LogP contribution in [0.5, 0.6) is 0 Å². The summed E-state index contributed by atoms with van der Waals surface area (Å²) in [5.74, 6) is 0.874. The largest absolute Gasteiger partial charge is 0.465 e. The van der Waals surface area contributed by atoms with Crippen molar-refractivity contribution in [1.29, 1.82) is 0 Å². The van der Waals surface area contributed by atoms with Crippen LogP contribution in [0.1, 0.15) is 23.2 Å². The van der Waals surface area contributed by atoms with Crippen LogP contribution in [0.15, 0.2) is 12.3 Å². The summed E-state index contributed by atoms with van der Waals surface area (Å²) in [7, 11) is 3.21. The van der Waals surface area contributed by atoms with Crippen molar-refractivity contribution in [2.45, 2.75) is 12.8 Å². The van der Waals surface area contributed by atoms with Crippen LogP contribution in [-0.2, 0) is 9.47 Å². The molecule has 0 bridgehead atoms. The number of hydrogen-bond donors (Lipinski definition) is 1. The van der Waals surface area contributed by atoms with Crippen LogP contribution in [0.2, 0.25) is 0 Å². The maximum absolute atomic E-state index is 11.6. The summed E-state index contributed by atoms with van der Waals surface area (Å²) >= 11 is 0. The zero-order valence-electron chi connectivity index (χ0n) is 12.0. The number of nitrogen functional groups attached to an aromatic ring is 1. The Labute approximate surface area is 118 Å². The molecule has 1 heterocycles. The zero-order chi connectivity index (χ0) is 14.5. The van der Waals surface area contributed by atoms with E-state index in [-0.39, 0.29) is 0 Å². The molecular formula is C14H21N3O3. The highest BCUT2D eigenvalue weighted by atomic mass is 16.5. The van der Waals surface area contributed by atoms with E-state index >= 15 is 0 Å². The van der Waals surface area contributed by atoms with Crippen LogP contribution in [0.3, 0.4) is 0 Å². The first-order chi connectivity index (χ1) is 9.63. The number of ether oxygens (including phenoxy) is 2. The summed E-state index contributed by atoms with van der Waals surface area (Å²) in [5.41, 5.74) is 6.65. The number of carbonyl (C=O) groups is 1. The van der Waals surface area contributed by atoms with Crippen LogP contribution in [0.25, 0.3) is 0 Å². The predicted molar refractivity (Wildman–Crippen MR) is 76.8 cm³/mol. The second kappa shape index (κ2) is 6.56. The Bertz CT molecular complexity index is 475. The highest BCUT2D eigenvalue weighted by molar-refractivity contribution is 5.97. The lowest BCUT2D eigenvalue weighted by Gasteiger charge is -2.20. The van der Waals surface area contributed by atoms with Crippen LogP contribution in [0.4, 0.5) is 11.5 Å². The van der Waals surface area contributed by atoms with Gasteiger partial charge in [-0.05, 0) is 24.8 Å². The third-order valence-electron chi connectivity index (χ3n) is 3.36. The summed E-state index contributed by atoms with van der Waals surface area (Å²) in [6.45, 7) is 2.13. The molecule has 1 saturated carbocycles. The van der Waals surface area contributed by atoms with E-state index in [1.165, 1.54) is 20.0 Å². The molecule has 2 rings (SSSR count). The minimum atomic E-state index is -0.454. The standard InChI is InChI=1S/C14H21N3O3/c1-17(7-8-20-9-10-3-4-10)13-12(15)11(5-6-16-13)14(18)19-2/h5-6,10H,3-4,7-9,15H2,1-2H3. The molecule has 1 aliphatic rings. The van der Waals surface area contributed by atoms with Gasteiger partial charge in [0.2, 0.25) is 0 Å². The number of pyridine rings is 1. The lowest BCUT2D eigenvalue weighted by molar-refractivity contribution is 0.0602. The molecule has 0 atom stereocenters. The number of aromatic nitrogens is 1. The Balaban J connectivity index is 1.93. The first kappa shape index (κ1) is 14.6. The molecule has 1 aromatic heterocycles. The Morgan fingerprint density at radius 3 is 2.95 bits per heavy atom. The minimum Gasteiger partial charge on any atom is -0.465 e. The molecule has 20 heavy (non-hydrogen) atoms. The summed E-state index contributed by atoms with van der Waals surface area (Å²) in [5, 5.41) is 0. The second-order valence-electron chi connectivity index (χ2n) is 5.03. The summed E-state index contributed by atoms with van der Waals surface area (Å²) in [4.78, 5) is 17.7. The fraction of sp³-hybridized carbons (Fsp3) is 0.571. The smallest absolute Gasteiger partial charge is 0.340 e. The van der Waals surface area contributed by atoms with E-state index in [4.69, 9.17) is 15.2 Å². The van der Waals surface area contributed by atoms with E-state index in [1.807, 2.05) is 11.9 Å². The number of anilines is 2. The van der Waals surface area contributed by atoms with Gasteiger partial charge in [-0.3, -0.25) is 0 Å². The Kier molecular flexibility index (Phi) is 4.79. The van der Waals surface area contributed by atoms with E-state index < -0.39 is 5.97 Å². The number of likely N-dealkylation sites (N-methyl/N-ethyl adjacent to an activating group) is 1. The lowest BCUT2D eigenvalue weighted by atomic mass is 10.2. The van der Waals surface area contributed by atoms with Gasteiger partial charge in [0.25, 0.3) is 0 Å². The first-order valence-electron chi connectivity index (χ1n) is 6.75. The summed E-state index contributed by atoms with van der Waals surface area (Å²) in [6.07, 6.45) is 4.12. The van der Waals surface area contributed by atoms with Gasteiger partial charge in [-0.15, -0.1) is 0 Å². The maximum atomic E-state index is 11.6. The molecule has 0 spiro atoms. The van der Waals surface area contributed by atoms with Gasteiger partial charge in [0.1, 0.15) is 0 Å². The molecule has 1 fully saturated rings. The molecule has 110 valence electrons. The van der Waals surface area contributed by atoms with Gasteiger partial charge in [-0.1, -0.05) is 0 Å². The number of rotatable bonds is 7. The van der Waals surface area contributed by atoms with Crippen molar-refractivity contribution in [1.82, 2.24) is 4.98 Å². The highest BCUT2D eigenvalue weighted by Crippen LogP contribution is 2.28. The van der Waals surface area contributed by atoms with Gasteiger partial charge >= 0.3 is 5.97 Å². The number of methoxy groups -OCH3 is 1. The van der Waals surface area contributed by atoms with Crippen molar-refractivity contribution in [3.8, 4) is 0 Å². The summed E-state index contributed by atoms with van der Waals surface area (Å²) in [6, 6.07) is 1.56. The Morgan fingerprint density at radius 2 is 2.30 bits per heavy atom. The van der Waals surface area contributed by atoms with Gasteiger partial charge in [0.05, 0.1) is 25.0 Å². The van der Waals surface area contributed by atoms with Gasteiger partial charge in [0, 0.05) is 26.4 Å². The van der Waals surface area contributed by atoms with Gasteiger partial charge < -0.3 is 20.1 Å². The molecule has 0 unspecified atom stereocenters. The van der Waals surface area contributed by atoms with Crippen molar-refractivity contribution >= 4 is 17.5 Å². The molecule has 6 heteroatoms. The number of nitrogens with zero attached hydrogens (tertiary/aromatic N) is 2. The van der Waals surface area contributed by atoms with Crippen molar-refractivity contribution in [3.63, 3.8) is 0 Å². The minimum absolute atomic E-state index is 0.336. The molecule has 0 radical (unpaired) electrons. The van der Waals surface area contributed by atoms with E-state index in [2.05, 4.69) is 4.98 Å². The normalized spacial score (nSPS) is 14.1. The fourth-order valence-electron chi connectivity index (χ4n) is 1.90. The molecule has 0 saturated heterocycles. The van der Waals surface area contributed by atoms with Crippen molar-refractivity contribution < 1.29 is 14.3 Å². The average molecular weight is 279 g/mol. The Hall–Kier alpha value is -1.82. The third kappa shape index (κ3) is 3.60. The van der Waals surface area contributed by atoms with E-state index in [0.29, 0.717) is 30.2 Å². The number of carbonyl (C=O) groups excluding carboxylic acids is 1. The first-order valence-corrected chi connectivity index (χ1v) is 6.75. The zero-order valence-corrected chi connectivity index (χ0v) is 12.0. The highest BCUT2D eigenvalue weighted by Gasteiger charge is 2.21. The molecule has 0 aromatic carbocycles. The lowest BCUT2D eigenvalue weighted by Crippen LogP contribution is -2.25. The third-order valence-corrected chi connectivity index (χ3v) is 3.36.